The molecule has 5 heterocycles. The lowest BCUT2D eigenvalue weighted by Crippen LogP contribution is -2.67. The van der Waals surface area contributed by atoms with Crippen LogP contribution in [0.4, 0.5) is 0 Å². The molecule has 0 aromatic heterocycles. The van der Waals surface area contributed by atoms with Crippen molar-refractivity contribution in [2.45, 2.75) is 234 Å². The number of carbonyl (C=O) groups is 2. The molecule has 69 heavy (non-hydrogen) atoms. The normalized spacial score (nSPS) is 53.3. The van der Waals surface area contributed by atoms with Gasteiger partial charge in [-0.25, -0.2) is 4.79 Å². The van der Waals surface area contributed by atoms with Crippen molar-refractivity contribution in [1.82, 2.24) is 0 Å². The van der Waals surface area contributed by atoms with Crippen molar-refractivity contribution >= 4 is 11.9 Å². The Hall–Kier alpha value is -1.96. The van der Waals surface area contributed by atoms with Gasteiger partial charge in [0.15, 0.2) is 25.2 Å². The molecule has 0 amide bonds. The molecule has 0 aromatic rings. The van der Waals surface area contributed by atoms with Crippen LogP contribution in [0.3, 0.4) is 0 Å². The van der Waals surface area contributed by atoms with Gasteiger partial charge in [-0.1, -0.05) is 13.8 Å². The highest BCUT2D eigenvalue weighted by Gasteiger charge is 2.71. The number of hydrogen-bond acceptors (Lipinski definition) is 20. The van der Waals surface area contributed by atoms with Crippen LogP contribution in [0.2, 0.25) is 0 Å². The van der Waals surface area contributed by atoms with E-state index in [1.54, 1.807) is 26.8 Å². The van der Waals surface area contributed by atoms with Crippen LogP contribution in [0.25, 0.3) is 0 Å². The molecule has 26 atom stereocenters. The van der Waals surface area contributed by atoms with E-state index in [1.807, 2.05) is 6.92 Å². The Morgan fingerprint density at radius 2 is 1.33 bits per heavy atom. The molecular weight excluding hydrogens is 909 g/mol. The second kappa shape index (κ2) is 20.0. The zero-order chi connectivity index (χ0) is 49.5. The molecule has 20 heteroatoms. The van der Waals surface area contributed by atoms with E-state index in [1.165, 1.54) is 6.92 Å². The molecular formula is C49H76O20. The fraction of sp³-hybridized carbons (Fsp3) is 0.918. The molecule has 4 saturated heterocycles. The standard InChI is InChI=1S/C49H76O20/c1-21-43(67-38-17-32(53)44(22(2)62-38)68-39-18-33(64-24(4)51)45(23(3)63-39)69-46-42(58)41(57)40(56)34(19-50)66-46)31(52)16-37(61-21)65-27-9-11-47(5)26(14-27)7-8-29-30(47)15-35(54)48(6)28(10-12-49(29,48)59)25-13-36(55)60-20-25/h13,21-23,26-35,37-46,50,52-54,56-59H,7-12,14-20H2,1-6H3/t21-,22-,23-,26+,27+,28-,29-,30-,31+,32+,33+,34-,35-,37+,38+,39+,40-,41+,42-,43+,44+,45+,46+,47+,48+,49+/m1/s1. The first kappa shape index (κ1) is 51.9. The summed E-state index contributed by atoms with van der Waals surface area (Å²) in [5.74, 6) is -0.580. The van der Waals surface area contributed by atoms with E-state index >= 15 is 0 Å². The van der Waals surface area contributed by atoms with Crippen LogP contribution < -0.4 is 0 Å². The van der Waals surface area contributed by atoms with Gasteiger partial charge in [0.2, 0.25) is 0 Å². The van der Waals surface area contributed by atoms with Crippen LogP contribution >= 0.6 is 0 Å². The van der Waals surface area contributed by atoms with Gasteiger partial charge in [0, 0.05) is 37.7 Å². The highest BCUT2D eigenvalue weighted by molar-refractivity contribution is 5.85. The third kappa shape index (κ3) is 9.48. The minimum Gasteiger partial charge on any atom is -0.459 e. The van der Waals surface area contributed by atoms with Gasteiger partial charge in [-0.2, -0.15) is 0 Å². The minimum absolute atomic E-state index is 0.00421. The van der Waals surface area contributed by atoms with Crippen molar-refractivity contribution in [2.75, 3.05) is 13.2 Å². The lowest BCUT2D eigenvalue weighted by Gasteiger charge is -2.65. The van der Waals surface area contributed by atoms with Crippen molar-refractivity contribution in [3.8, 4) is 0 Å². The maximum Gasteiger partial charge on any atom is 0.331 e. The Bertz CT molecular complexity index is 1850. The van der Waals surface area contributed by atoms with E-state index in [0.29, 0.717) is 25.2 Å². The van der Waals surface area contributed by atoms with Gasteiger partial charge in [-0.3, -0.25) is 4.79 Å². The second-order valence-corrected chi connectivity index (χ2v) is 22.2. The molecule has 0 bridgehead atoms. The number of cyclic esters (lactones) is 1. The third-order valence-corrected chi connectivity index (χ3v) is 18.4. The highest BCUT2D eigenvalue weighted by atomic mass is 16.8. The largest absolute Gasteiger partial charge is 0.459 e. The quantitative estimate of drug-likeness (QED) is 0.104. The average Bonchev–Trinajstić information content (AvgIpc) is 3.84. The molecule has 20 nitrogen and oxygen atoms in total. The van der Waals surface area contributed by atoms with Crippen LogP contribution in [0.15, 0.2) is 11.6 Å². The Labute approximate surface area is 402 Å². The molecule has 0 radical (unpaired) electrons. The fourth-order valence-electron chi connectivity index (χ4n) is 14.6. The Morgan fingerprint density at radius 1 is 0.710 bits per heavy atom. The van der Waals surface area contributed by atoms with Crippen LogP contribution in [-0.4, -0.2) is 188 Å². The summed E-state index contributed by atoms with van der Waals surface area (Å²) in [4.78, 5) is 24.2. The van der Waals surface area contributed by atoms with Gasteiger partial charge in [0.1, 0.15) is 55.4 Å². The van der Waals surface area contributed by atoms with Crippen molar-refractivity contribution in [3.05, 3.63) is 11.6 Å². The lowest BCUT2D eigenvalue weighted by atomic mass is 9.42. The molecule has 0 unspecified atom stereocenters. The molecule has 5 aliphatic heterocycles. The summed E-state index contributed by atoms with van der Waals surface area (Å²) in [5, 5.41) is 88.1. The summed E-state index contributed by atoms with van der Waals surface area (Å²) in [6, 6.07) is 0. The maximum absolute atomic E-state index is 12.6. The molecule has 9 aliphatic rings. The molecule has 8 fully saturated rings. The topological polar surface area (TPSA) is 288 Å². The fourth-order valence-corrected chi connectivity index (χ4v) is 14.6. The Kier molecular flexibility index (Phi) is 15.1. The zero-order valence-electron chi connectivity index (χ0n) is 40.5. The average molecular weight is 985 g/mol. The number of hydrogen-bond donors (Lipinski definition) is 8. The SMILES string of the molecule is CC(=O)O[C@H]1C[C@H](O[C@@H]2[C@@H](O)C[C@H](O[C@@H]3[C@@H](O)C[C@H](O[C@H]4CC[C@@]5(C)[C@@H](CC[C@@H]6[C@H]5C[C@@H](O)[C@]5(C)[C@@H](C7=CC(=O)OC7)CC[C@]65O)C4)O[C@@H]3C)O[C@@H]2C)O[C@H](C)[C@@H]1O[C@@H]1O[C@H](CO)[C@@H](O)[C@H](O)[C@H]1O. The minimum atomic E-state index is -1.69. The van der Waals surface area contributed by atoms with Crippen molar-refractivity contribution in [2.24, 2.45) is 34.5 Å². The van der Waals surface area contributed by atoms with Crippen LogP contribution in [0.5, 0.6) is 0 Å². The summed E-state index contributed by atoms with van der Waals surface area (Å²) in [5.41, 5.74) is -1.01. The second-order valence-electron chi connectivity index (χ2n) is 22.2. The van der Waals surface area contributed by atoms with Crippen LogP contribution in [0, 0.1) is 34.5 Å². The van der Waals surface area contributed by atoms with E-state index in [9.17, 15) is 50.4 Å². The van der Waals surface area contributed by atoms with E-state index in [2.05, 4.69) is 6.92 Å². The van der Waals surface area contributed by atoms with Gasteiger partial charge < -0.3 is 88.2 Å². The Balaban J connectivity index is 0.752. The summed E-state index contributed by atoms with van der Waals surface area (Å²) in [6.07, 6.45) is -11.1. The summed E-state index contributed by atoms with van der Waals surface area (Å²) < 4.78 is 60.1. The molecule has 0 aromatic carbocycles. The smallest absolute Gasteiger partial charge is 0.331 e. The van der Waals surface area contributed by atoms with E-state index in [4.69, 9.17) is 47.4 Å². The molecule has 0 spiro atoms. The van der Waals surface area contributed by atoms with E-state index < -0.39 is 134 Å². The number of ether oxygens (including phenoxy) is 10. The van der Waals surface area contributed by atoms with Crippen molar-refractivity contribution in [1.29, 1.82) is 0 Å². The van der Waals surface area contributed by atoms with Crippen molar-refractivity contribution < 1.29 is 97.8 Å². The first-order valence-corrected chi connectivity index (χ1v) is 25.3. The summed E-state index contributed by atoms with van der Waals surface area (Å²) in [7, 11) is 0. The van der Waals surface area contributed by atoms with Crippen molar-refractivity contribution in [3.63, 3.8) is 0 Å². The monoisotopic (exact) mass is 984 g/mol. The van der Waals surface area contributed by atoms with Gasteiger partial charge in [-0.05, 0) is 107 Å². The predicted molar refractivity (Wildman–Crippen MR) is 235 cm³/mol. The highest BCUT2D eigenvalue weighted by Crippen LogP contribution is 2.70. The summed E-state index contributed by atoms with van der Waals surface area (Å²) >= 11 is 0. The van der Waals surface area contributed by atoms with Gasteiger partial charge in [0.05, 0.1) is 54.9 Å². The van der Waals surface area contributed by atoms with Crippen LogP contribution in [0.1, 0.15) is 112 Å². The van der Waals surface area contributed by atoms with Gasteiger partial charge >= 0.3 is 11.9 Å². The van der Waals surface area contributed by atoms with E-state index in [-0.39, 0.29) is 61.1 Å². The van der Waals surface area contributed by atoms with Crippen LogP contribution in [-0.2, 0) is 57.0 Å². The lowest BCUT2D eigenvalue weighted by molar-refractivity contribution is -0.355. The third-order valence-electron chi connectivity index (χ3n) is 18.4. The first-order valence-electron chi connectivity index (χ1n) is 25.3. The number of aliphatic hydroxyl groups excluding tert-OH is 7. The predicted octanol–water partition coefficient (Wildman–Crippen LogP) is 0.613. The number of rotatable bonds is 11. The molecule has 4 saturated carbocycles. The number of fused-ring (bicyclic) bond motifs is 5. The number of carbonyl (C=O) groups excluding carboxylic acids is 2. The van der Waals surface area contributed by atoms with E-state index in [0.717, 1.165) is 37.7 Å². The van der Waals surface area contributed by atoms with Gasteiger partial charge in [-0.15, -0.1) is 0 Å². The molecule has 8 N–H and O–H groups in total. The first-order chi connectivity index (χ1) is 32.6. The Morgan fingerprint density at radius 3 is 1.93 bits per heavy atom. The molecule has 9 rings (SSSR count). The summed E-state index contributed by atoms with van der Waals surface area (Å²) in [6.45, 7) is 10.3. The maximum atomic E-state index is 12.6. The van der Waals surface area contributed by atoms with Gasteiger partial charge in [0.25, 0.3) is 0 Å². The number of esters is 2. The molecule has 4 aliphatic carbocycles. The zero-order valence-corrected chi connectivity index (χ0v) is 40.5. The molecule has 392 valence electrons. The number of aliphatic hydroxyl groups is 8.